The lowest BCUT2D eigenvalue weighted by atomic mass is 10.1. The Morgan fingerprint density at radius 2 is 1.96 bits per heavy atom. The van der Waals surface area contributed by atoms with E-state index in [1.165, 1.54) is 0 Å². The number of benzene rings is 2. The monoisotopic (exact) mass is 338 g/mol. The van der Waals surface area contributed by atoms with Crippen LogP contribution in [0.25, 0.3) is 0 Å². The molecule has 1 heterocycles. The maximum absolute atomic E-state index is 12.6. The molecule has 0 aliphatic carbocycles. The summed E-state index contributed by atoms with van der Waals surface area (Å²) in [4.78, 5) is 26.7. The van der Waals surface area contributed by atoms with Crippen LogP contribution in [0.2, 0.25) is 0 Å². The Bertz CT molecular complexity index is 816. The van der Waals surface area contributed by atoms with Crippen molar-refractivity contribution in [1.82, 2.24) is 0 Å². The summed E-state index contributed by atoms with van der Waals surface area (Å²) in [5, 5.41) is 2.94. The summed E-state index contributed by atoms with van der Waals surface area (Å²) in [7, 11) is 1.58. The average Bonchev–Trinajstić information content (AvgIpc) is 2.98. The molecule has 5 heteroatoms. The molecule has 0 radical (unpaired) electrons. The average molecular weight is 338 g/mol. The molecule has 5 nitrogen and oxygen atoms in total. The second-order valence-electron chi connectivity index (χ2n) is 6.38. The third-order valence-corrected chi connectivity index (χ3v) is 4.52. The van der Waals surface area contributed by atoms with Gasteiger partial charge < -0.3 is 15.0 Å². The standard InChI is InChI=1S/C20H22N2O3/c1-13-8-9-18(25-3)17(10-13)22-12-15(11-19(22)23)20(24)21-16-7-5-4-6-14(16)2/h4-10,15H,11-12H2,1-3H3,(H,21,24)/t15-/m1/s1. The van der Waals surface area contributed by atoms with Crippen LogP contribution in [0, 0.1) is 19.8 Å². The van der Waals surface area contributed by atoms with E-state index in [0.29, 0.717) is 12.3 Å². The molecule has 25 heavy (non-hydrogen) atoms. The van der Waals surface area contributed by atoms with Crippen LogP contribution in [-0.2, 0) is 9.59 Å². The van der Waals surface area contributed by atoms with Gasteiger partial charge in [-0.2, -0.15) is 0 Å². The number of carbonyl (C=O) groups excluding carboxylic acids is 2. The molecule has 0 unspecified atom stereocenters. The van der Waals surface area contributed by atoms with Gasteiger partial charge in [0.15, 0.2) is 0 Å². The van der Waals surface area contributed by atoms with Gasteiger partial charge in [-0.1, -0.05) is 24.3 Å². The van der Waals surface area contributed by atoms with E-state index < -0.39 is 0 Å². The lowest BCUT2D eigenvalue weighted by Crippen LogP contribution is -2.28. The first kappa shape index (κ1) is 17.0. The third kappa shape index (κ3) is 3.50. The largest absolute Gasteiger partial charge is 0.495 e. The van der Waals surface area contributed by atoms with E-state index in [-0.39, 0.29) is 24.2 Å². The molecule has 1 N–H and O–H groups in total. The number of para-hydroxylation sites is 1. The van der Waals surface area contributed by atoms with Crippen LogP contribution >= 0.6 is 0 Å². The van der Waals surface area contributed by atoms with Gasteiger partial charge in [-0.15, -0.1) is 0 Å². The van der Waals surface area contributed by atoms with Gasteiger partial charge in [0.1, 0.15) is 5.75 Å². The molecule has 1 aliphatic rings. The highest BCUT2D eigenvalue weighted by Crippen LogP contribution is 2.34. The van der Waals surface area contributed by atoms with Crippen LogP contribution in [0.15, 0.2) is 42.5 Å². The minimum absolute atomic E-state index is 0.0613. The second kappa shape index (κ2) is 6.97. The number of anilines is 2. The molecule has 2 aromatic carbocycles. The Labute approximate surface area is 147 Å². The smallest absolute Gasteiger partial charge is 0.229 e. The summed E-state index contributed by atoms with van der Waals surface area (Å²) < 4.78 is 5.37. The summed E-state index contributed by atoms with van der Waals surface area (Å²) in [6, 6.07) is 13.3. The van der Waals surface area contributed by atoms with Crippen molar-refractivity contribution in [3.8, 4) is 5.75 Å². The van der Waals surface area contributed by atoms with Gasteiger partial charge in [-0.3, -0.25) is 9.59 Å². The predicted molar refractivity (Wildman–Crippen MR) is 98.0 cm³/mol. The van der Waals surface area contributed by atoms with E-state index in [1.807, 2.05) is 56.3 Å². The number of ether oxygens (including phenoxy) is 1. The van der Waals surface area contributed by atoms with Crippen LogP contribution in [0.5, 0.6) is 5.75 Å². The number of nitrogens with zero attached hydrogens (tertiary/aromatic N) is 1. The number of aryl methyl sites for hydroxylation is 2. The molecule has 0 bridgehead atoms. The van der Waals surface area contributed by atoms with E-state index >= 15 is 0 Å². The minimum atomic E-state index is -0.377. The lowest BCUT2D eigenvalue weighted by Gasteiger charge is -2.20. The Hall–Kier alpha value is -2.82. The van der Waals surface area contributed by atoms with E-state index in [0.717, 1.165) is 22.5 Å². The minimum Gasteiger partial charge on any atom is -0.495 e. The van der Waals surface area contributed by atoms with Gasteiger partial charge in [0.2, 0.25) is 11.8 Å². The second-order valence-corrected chi connectivity index (χ2v) is 6.38. The molecule has 0 saturated carbocycles. The van der Waals surface area contributed by atoms with Gasteiger partial charge in [0.05, 0.1) is 18.7 Å². The lowest BCUT2D eigenvalue weighted by molar-refractivity contribution is -0.122. The number of nitrogens with one attached hydrogen (secondary N) is 1. The van der Waals surface area contributed by atoms with E-state index in [2.05, 4.69) is 5.32 Å². The number of amides is 2. The highest BCUT2D eigenvalue weighted by Gasteiger charge is 2.36. The van der Waals surface area contributed by atoms with Crippen LogP contribution in [0.4, 0.5) is 11.4 Å². The van der Waals surface area contributed by atoms with E-state index in [4.69, 9.17) is 4.74 Å². The normalized spacial score (nSPS) is 16.8. The fourth-order valence-electron chi connectivity index (χ4n) is 3.07. The SMILES string of the molecule is COc1ccc(C)cc1N1C[C@H](C(=O)Nc2ccccc2C)CC1=O. The first-order chi connectivity index (χ1) is 12.0. The maximum Gasteiger partial charge on any atom is 0.229 e. The molecule has 2 amide bonds. The topological polar surface area (TPSA) is 58.6 Å². The van der Waals surface area contributed by atoms with E-state index in [1.54, 1.807) is 12.0 Å². The van der Waals surface area contributed by atoms with Gasteiger partial charge >= 0.3 is 0 Å². The van der Waals surface area contributed by atoms with Crippen LogP contribution in [-0.4, -0.2) is 25.5 Å². The highest BCUT2D eigenvalue weighted by atomic mass is 16.5. The molecule has 1 atom stereocenters. The van der Waals surface area contributed by atoms with Gasteiger partial charge in [0, 0.05) is 18.7 Å². The van der Waals surface area contributed by atoms with Crippen molar-refractivity contribution < 1.29 is 14.3 Å². The number of hydrogen-bond acceptors (Lipinski definition) is 3. The molecule has 0 spiro atoms. The first-order valence-corrected chi connectivity index (χ1v) is 8.31. The Kier molecular flexibility index (Phi) is 4.74. The van der Waals surface area contributed by atoms with Gasteiger partial charge in [0.25, 0.3) is 0 Å². The summed E-state index contributed by atoms with van der Waals surface area (Å²) >= 11 is 0. The molecule has 1 saturated heterocycles. The predicted octanol–water partition coefficient (Wildman–Crippen LogP) is 3.30. The molecular weight excluding hydrogens is 316 g/mol. The Morgan fingerprint density at radius 3 is 2.68 bits per heavy atom. The van der Waals surface area contributed by atoms with E-state index in [9.17, 15) is 9.59 Å². The molecule has 130 valence electrons. The zero-order chi connectivity index (χ0) is 18.0. The number of rotatable bonds is 4. The van der Waals surface area contributed by atoms with Crippen LogP contribution in [0.3, 0.4) is 0 Å². The van der Waals surface area contributed by atoms with Crippen molar-refractivity contribution in [1.29, 1.82) is 0 Å². The molecule has 1 fully saturated rings. The van der Waals surface area contributed by atoms with Crippen LogP contribution in [0.1, 0.15) is 17.5 Å². The quantitative estimate of drug-likeness (QED) is 0.930. The van der Waals surface area contributed by atoms with Crippen molar-refractivity contribution in [2.75, 3.05) is 23.9 Å². The van der Waals surface area contributed by atoms with Gasteiger partial charge in [-0.25, -0.2) is 0 Å². The zero-order valence-corrected chi connectivity index (χ0v) is 14.7. The molecule has 3 rings (SSSR count). The molecule has 0 aromatic heterocycles. The van der Waals surface area contributed by atoms with Crippen LogP contribution < -0.4 is 15.0 Å². The fraction of sp³-hybridized carbons (Fsp3) is 0.300. The summed E-state index contributed by atoms with van der Waals surface area (Å²) in [5.41, 5.74) is 3.54. The Balaban J connectivity index is 1.78. The van der Waals surface area contributed by atoms with Crippen molar-refractivity contribution in [3.63, 3.8) is 0 Å². The first-order valence-electron chi connectivity index (χ1n) is 8.31. The zero-order valence-electron chi connectivity index (χ0n) is 14.7. The summed E-state index contributed by atoms with van der Waals surface area (Å²) in [5.74, 6) is 0.0711. The van der Waals surface area contributed by atoms with Crippen molar-refractivity contribution in [3.05, 3.63) is 53.6 Å². The number of hydrogen-bond donors (Lipinski definition) is 1. The highest BCUT2D eigenvalue weighted by molar-refractivity contribution is 6.04. The third-order valence-electron chi connectivity index (χ3n) is 4.52. The number of carbonyl (C=O) groups is 2. The summed E-state index contributed by atoms with van der Waals surface area (Å²) in [6.07, 6.45) is 0.203. The van der Waals surface area contributed by atoms with Crippen molar-refractivity contribution in [2.45, 2.75) is 20.3 Å². The Morgan fingerprint density at radius 1 is 1.20 bits per heavy atom. The summed E-state index contributed by atoms with van der Waals surface area (Å²) in [6.45, 7) is 4.27. The molecule has 1 aliphatic heterocycles. The van der Waals surface area contributed by atoms with Crippen molar-refractivity contribution >= 4 is 23.2 Å². The fourth-order valence-corrected chi connectivity index (χ4v) is 3.07. The number of methoxy groups -OCH3 is 1. The molecular formula is C20H22N2O3. The van der Waals surface area contributed by atoms with Gasteiger partial charge in [-0.05, 0) is 43.2 Å². The molecule has 2 aromatic rings. The van der Waals surface area contributed by atoms with Crippen molar-refractivity contribution in [2.24, 2.45) is 5.92 Å². The maximum atomic E-state index is 12.6.